The SMILES string of the molecule is CC.COc1cc(-c2ccccc2)c2nc(C)sc2c1. The standard InChI is InChI=1S/C15H13NOS.C2H6/c1-10-16-15-13(11-6-4-3-5-7-11)8-12(17-2)9-14(15)18-10;1-2/h3-9H,1-2H3;1-2H3. The van der Waals surface area contributed by atoms with E-state index in [1.165, 1.54) is 10.3 Å². The van der Waals surface area contributed by atoms with Crippen LogP contribution >= 0.6 is 11.3 Å². The van der Waals surface area contributed by atoms with E-state index in [1.54, 1.807) is 18.4 Å². The molecule has 0 aliphatic carbocycles. The minimum atomic E-state index is 0.880. The molecule has 3 rings (SSSR count). The second kappa shape index (κ2) is 6.53. The zero-order valence-electron chi connectivity index (χ0n) is 12.3. The summed E-state index contributed by atoms with van der Waals surface area (Å²) in [6.07, 6.45) is 0. The third-order valence-electron chi connectivity index (χ3n) is 2.90. The molecule has 3 aromatic rings. The van der Waals surface area contributed by atoms with Crippen LogP contribution in [0.2, 0.25) is 0 Å². The van der Waals surface area contributed by atoms with Gasteiger partial charge in [-0.1, -0.05) is 44.2 Å². The Morgan fingerprint density at radius 1 is 1.05 bits per heavy atom. The molecule has 0 radical (unpaired) electrons. The second-order valence-electron chi connectivity index (χ2n) is 4.12. The van der Waals surface area contributed by atoms with Crippen molar-refractivity contribution in [3.63, 3.8) is 0 Å². The van der Waals surface area contributed by atoms with E-state index in [9.17, 15) is 0 Å². The van der Waals surface area contributed by atoms with Crippen molar-refractivity contribution in [3.05, 3.63) is 47.5 Å². The maximum atomic E-state index is 5.37. The molecule has 0 saturated heterocycles. The first-order valence-corrected chi connectivity index (χ1v) is 7.60. The van der Waals surface area contributed by atoms with Crippen LogP contribution < -0.4 is 4.74 Å². The van der Waals surface area contributed by atoms with Gasteiger partial charge in [0.05, 0.1) is 22.3 Å². The molecule has 0 N–H and O–H groups in total. The number of rotatable bonds is 2. The molecule has 0 atom stereocenters. The fourth-order valence-corrected chi connectivity index (χ4v) is 2.95. The van der Waals surface area contributed by atoms with E-state index < -0.39 is 0 Å². The van der Waals surface area contributed by atoms with Gasteiger partial charge < -0.3 is 4.74 Å². The van der Waals surface area contributed by atoms with Gasteiger partial charge in [-0.3, -0.25) is 0 Å². The van der Waals surface area contributed by atoms with Crippen LogP contribution in [0.15, 0.2) is 42.5 Å². The number of methoxy groups -OCH3 is 1. The highest BCUT2D eigenvalue weighted by Gasteiger charge is 2.10. The Bertz CT molecular complexity index is 689. The Balaban J connectivity index is 0.000000704. The molecule has 0 bridgehead atoms. The van der Waals surface area contributed by atoms with Crippen molar-refractivity contribution in [1.82, 2.24) is 4.98 Å². The van der Waals surface area contributed by atoms with E-state index in [4.69, 9.17) is 4.74 Å². The number of benzene rings is 2. The number of thiazole rings is 1. The van der Waals surface area contributed by atoms with Crippen LogP contribution in [0.4, 0.5) is 0 Å². The maximum absolute atomic E-state index is 5.37. The lowest BCUT2D eigenvalue weighted by Crippen LogP contribution is -1.86. The molecule has 1 heterocycles. The smallest absolute Gasteiger partial charge is 0.121 e. The van der Waals surface area contributed by atoms with E-state index in [0.29, 0.717) is 0 Å². The first kappa shape index (κ1) is 14.5. The summed E-state index contributed by atoms with van der Waals surface area (Å²) in [5.41, 5.74) is 3.37. The molecule has 2 nitrogen and oxygen atoms in total. The van der Waals surface area contributed by atoms with Crippen LogP contribution in [0.5, 0.6) is 5.75 Å². The maximum Gasteiger partial charge on any atom is 0.121 e. The number of hydrogen-bond acceptors (Lipinski definition) is 3. The average molecular weight is 285 g/mol. The molecule has 0 amide bonds. The summed E-state index contributed by atoms with van der Waals surface area (Å²) in [6, 6.07) is 14.4. The lowest BCUT2D eigenvalue weighted by molar-refractivity contribution is 0.415. The minimum absolute atomic E-state index is 0.880. The number of aromatic nitrogens is 1. The largest absolute Gasteiger partial charge is 0.497 e. The molecular formula is C17H19NOS. The molecular weight excluding hydrogens is 266 g/mol. The second-order valence-corrected chi connectivity index (χ2v) is 5.36. The fourth-order valence-electron chi connectivity index (χ4n) is 2.07. The lowest BCUT2D eigenvalue weighted by Gasteiger charge is -2.06. The molecule has 1 aromatic heterocycles. The predicted octanol–water partition coefficient (Wildman–Crippen LogP) is 5.31. The molecule has 0 saturated carbocycles. The van der Waals surface area contributed by atoms with Gasteiger partial charge in [-0.05, 0) is 24.6 Å². The fraction of sp³-hybridized carbons (Fsp3) is 0.235. The van der Waals surface area contributed by atoms with E-state index in [1.807, 2.05) is 45.0 Å². The Morgan fingerprint density at radius 2 is 1.75 bits per heavy atom. The Morgan fingerprint density at radius 3 is 2.40 bits per heavy atom. The molecule has 104 valence electrons. The van der Waals surface area contributed by atoms with Gasteiger partial charge in [0.25, 0.3) is 0 Å². The summed E-state index contributed by atoms with van der Waals surface area (Å²) in [7, 11) is 1.70. The van der Waals surface area contributed by atoms with Crippen LogP contribution in [0.3, 0.4) is 0 Å². The van der Waals surface area contributed by atoms with E-state index in [2.05, 4.69) is 23.2 Å². The Kier molecular flexibility index (Phi) is 4.74. The van der Waals surface area contributed by atoms with Gasteiger partial charge in [0.1, 0.15) is 5.75 Å². The van der Waals surface area contributed by atoms with Crippen molar-refractivity contribution in [2.45, 2.75) is 20.8 Å². The lowest BCUT2D eigenvalue weighted by atomic mass is 10.0. The third-order valence-corrected chi connectivity index (χ3v) is 3.81. The molecule has 3 heteroatoms. The van der Waals surface area contributed by atoms with Gasteiger partial charge in [0.2, 0.25) is 0 Å². The van der Waals surface area contributed by atoms with Gasteiger partial charge in [-0.2, -0.15) is 0 Å². The number of aryl methyl sites for hydroxylation is 1. The summed E-state index contributed by atoms with van der Waals surface area (Å²) in [6.45, 7) is 6.03. The molecule has 0 aliphatic heterocycles. The number of fused-ring (bicyclic) bond motifs is 1. The summed E-state index contributed by atoms with van der Waals surface area (Å²) in [5, 5.41) is 1.08. The monoisotopic (exact) mass is 285 g/mol. The van der Waals surface area contributed by atoms with Gasteiger partial charge in [-0.15, -0.1) is 11.3 Å². The van der Waals surface area contributed by atoms with Crippen molar-refractivity contribution in [2.24, 2.45) is 0 Å². The number of nitrogens with zero attached hydrogens (tertiary/aromatic N) is 1. The molecule has 2 aromatic carbocycles. The highest BCUT2D eigenvalue weighted by molar-refractivity contribution is 7.18. The van der Waals surface area contributed by atoms with Crippen molar-refractivity contribution >= 4 is 21.6 Å². The first-order valence-electron chi connectivity index (χ1n) is 6.78. The summed E-state index contributed by atoms with van der Waals surface area (Å²) >= 11 is 1.70. The predicted molar refractivity (Wildman–Crippen MR) is 87.7 cm³/mol. The normalized spacial score (nSPS) is 10.0. The minimum Gasteiger partial charge on any atom is -0.497 e. The quantitative estimate of drug-likeness (QED) is 0.637. The van der Waals surface area contributed by atoms with Crippen LogP contribution in [-0.4, -0.2) is 12.1 Å². The van der Waals surface area contributed by atoms with Crippen molar-refractivity contribution in [1.29, 1.82) is 0 Å². The highest BCUT2D eigenvalue weighted by atomic mass is 32.1. The summed E-state index contributed by atoms with van der Waals surface area (Å²) in [5.74, 6) is 0.880. The van der Waals surface area contributed by atoms with Crippen molar-refractivity contribution < 1.29 is 4.74 Å². The number of ether oxygens (including phenoxy) is 1. The van der Waals surface area contributed by atoms with Crippen LogP contribution in [0.1, 0.15) is 18.9 Å². The molecule has 0 unspecified atom stereocenters. The van der Waals surface area contributed by atoms with Crippen LogP contribution in [0.25, 0.3) is 21.3 Å². The topological polar surface area (TPSA) is 22.1 Å². The third kappa shape index (κ3) is 2.83. The van der Waals surface area contributed by atoms with E-state index >= 15 is 0 Å². The van der Waals surface area contributed by atoms with E-state index in [-0.39, 0.29) is 0 Å². The zero-order chi connectivity index (χ0) is 14.5. The highest BCUT2D eigenvalue weighted by Crippen LogP contribution is 2.35. The molecule has 0 fully saturated rings. The first-order chi connectivity index (χ1) is 9.78. The van der Waals surface area contributed by atoms with Gasteiger partial charge >= 0.3 is 0 Å². The number of hydrogen-bond donors (Lipinski definition) is 0. The van der Waals surface area contributed by atoms with Crippen molar-refractivity contribution in [3.8, 4) is 16.9 Å². The van der Waals surface area contributed by atoms with Crippen LogP contribution in [-0.2, 0) is 0 Å². The van der Waals surface area contributed by atoms with Gasteiger partial charge in [0, 0.05) is 5.56 Å². The zero-order valence-corrected chi connectivity index (χ0v) is 13.1. The molecule has 0 aliphatic rings. The molecule has 0 spiro atoms. The summed E-state index contributed by atoms with van der Waals surface area (Å²) in [4.78, 5) is 4.63. The molecule has 20 heavy (non-hydrogen) atoms. The van der Waals surface area contributed by atoms with Crippen molar-refractivity contribution in [2.75, 3.05) is 7.11 Å². The van der Waals surface area contributed by atoms with Crippen LogP contribution in [0, 0.1) is 6.92 Å². The van der Waals surface area contributed by atoms with Gasteiger partial charge in [0.15, 0.2) is 0 Å². The Hall–Kier alpha value is -1.87. The Labute approximate surface area is 124 Å². The van der Waals surface area contributed by atoms with E-state index in [0.717, 1.165) is 21.8 Å². The average Bonchev–Trinajstić information content (AvgIpc) is 2.89. The summed E-state index contributed by atoms with van der Waals surface area (Å²) < 4.78 is 6.54. The van der Waals surface area contributed by atoms with Gasteiger partial charge in [-0.25, -0.2) is 4.98 Å².